The van der Waals surface area contributed by atoms with Crippen LogP contribution in [0.15, 0.2) is 24.3 Å². The number of carbonyl (C=O) groups excluding carboxylic acids is 1. The van der Waals surface area contributed by atoms with Crippen molar-refractivity contribution in [3.05, 3.63) is 35.4 Å². The van der Waals surface area contributed by atoms with Crippen molar-refractivity contribution in [1.29, 1.82) is 0 Å². The summed E-state index contributed by atoms with van der Waals surface area (Å²) in [5.41, 5.74) is 1.89. The third-order valence-electron chi connectivity index (χ3n) is 7.65. The minimum atomic E-state index is -3.45. The van der Waals surface area contributed by atoms with Gasteiger partial charge in [0.1, 0.15) is 5.78 Å². The molecular formula is C21H29NO3S. The van der Waals surface area contributed by atoms with Gasteiger partial charge in [0.15, 0.2) is 0 Å². The van der Waals surface area contributed by atoms with E-state index in [1.807, 2.05) is 0 Å². The van der Waals surface area contributed by atoms with Crippen LogP contribution >= 0.6 is 0 Å². The molecule has 3 aliphatic rings. The third-order valence-corrected chi connectivity index (χ3v) is 9.16. The van der Waals surface area contributed by atoms with Crippen molar-refractivity contribution in [1.82, 2.24) is 4.72 Å². The van der Waals surface area contributed by atoms with E-state index in [0.29, 0.717) is 24.8 Å². The van der Waals surface area contributed by atoms with Gasteiger partial charge in [-0.25, -0.2) is 13.1 Å². The van der Waals surface area contributed by atoms with E-state index in [1.54, 1.807) is 0 Å². The molecule has 2 saturated carbocycles. The van der Waals surface area contributed by atoms with E-state index in [-0.39, 0.29) is 17.0 Å². The van der Waals surface area contributed by atoms with E-state index >= 15 is 0 Å². The van der Waals surface area contributed by atoms with Crippen molar-refractivity contribution in [3.8, 4) is 0 Å². The van der Waals surface area contributed by atoms with E-state index in [2.05, 4.69) is 42.8 Å². The first-order chi connectivity index (χ1) is 12.3. The second-order valence-corrected chi connectivity index (χ2v) is 10.9. The van der Waals surface area contributed by atoms with Gasteiger partial charge in [-0.1, -0.05) is 38.1 Å². The Morgan fingerprint density at radius 1 is 1.19 bits per heavy atom. The van der Waals surface area contributed by atoms with Crippen molar-refractivity contribution in [3.63, 3.8) is 0 Å². The molecule has 0 amide bonds. The normalized spacial score (nSPS) is 32.2. The summed E-state index contributed by atoms with van der Waals surface area (Å²) in [4.78, 5) is 12.6. The van der Waals surface area contributed by atoms with Gasteiger partial charge in [-0.05, 0) is 60.5 Å². The molecule has 2 unspecified atom stereocenters. The molecule has 1 aromatic rings. The maximum Gasteiger partial charge on any atom is 0.212 e. The molecule has 0 heterocycles. The van der Waals surface area contributed by atoms with Crippen LogP contribution in [-0.4, -0.2) is 26.5 Å². The van der Waals surface area contributed by atoms with Gasteiger partial charge < -0.3 is 0 Å². The average molecular weight is 376 g/mol. The predicted molar refractivity (Wildman–Crippen MR) is 102 cm³/mol. The molecule has 0 spiro atoms. The Hall–Kier alpha value is -1.20. The van der Waals surface area contributed by atoms with Crippen molar-refractivity contribution >= 4 is 15.8 Å². The first-order valence-electron chi connectivity index (χ1n) is 9.84. The predicted octanol–water partition coefficient (Wildman–Crippen LogP) is 3.42. The van der Waals surface area contributed by atoms with Gasteiger partial charge in [0.05, 0.1) is 5.75 Å². The van der Waals surface area contributed by atoms with Gasteiger partial charge in [0, 0.05) is 18.4 Å². The fourth-order valence-electron chi connectivity index (χ4n) is 5.82. The fourth-order valence-corrected chi connectivity index (χ4v) is 7.67. The van der Waals surface area contributed by atoms with Crippen LogP contribution in [-0.2, 0) is 21.2 Å². The van der Waals surface area contributed by atoms with E-state index in [4.69, 9.17) is 0 Å². The summed E-state index contributed by atoms with van der Waals surface area (Å²) in [5, 5.41) is 0. The Kier molecular flexibility index (Phi) is 4.31. The van der Waals surface area contributed by atoms with Crippen LogP contribution in [0.1, 0.15) is 63.0 Å². The Bertz CT molecular complexity index is 829. The van der Waals surface area contributed by atoms with Gasteiger partial charge in [0.25, 0.3) is 0 Å². The molecular weight excluding hydrogens is 346 g/mol. The molecule has 0 aliphatic heterocycles. The smallest absolute Gasteiger partial charge is 0.212 e. The van der Waals surface area contributed by atoms with Crippen LogP contribution in [0, 0.1) is 16.7 Å². The van der Waals surface area contributed by atoms with Crippen LogP contribution in [0.25, 0.3) is 0 Å². The zero-order valence-electron chi connectivity index (χ0n) is 15.8. The summed E-state index contributed by atoms with van der Waals surface area (Å²) in [5.74, 6) is 0.908. The molecule has 0 radical (unpaired) electrons. The van der Waals surface area contributed by atoms with E-state index in [0.717, 1.165) is 32.1 Å². The zero-order chi connectivity index (χ0) is 18.6. The molecule has 4 nitrogen and oxygen atoms in total. The van der Waals surface area contributed by atoms with Crippen molar-refractivity contribution in [2.24, 2.45) is 16.7 Å². The first-order valence-corrected chi connectivity index (χ1v) is 11.5. The van der Waals surface area contributed by atoms with Gasteiger partial charge in [0.2, 0.25) is 10.0 Å². The molecule has 0 aromatic heterocycles. The molecule has 142 valence electrons. The molecule has 2 fully saturated rings. The molecule has 26 heavy (non-hydrogen) atoms. The number of ketones is 1. The van der Waals surface area contributed by atoms with Crippen LogP contribution in [0.2, 0.25) is 0 Å². The number of nitrogens with one attached hydrogen (secondary N) is 1. The summed E-state index contributed by atoms with van der Waals surface area (Å²) < 4.78 is 28.3. The molecule has 3 atom stereocenters. The van der Waals surface area contributed by atoms with E-state index in [1.165, 1.54) is 11.1 Å². The summed E-state index contributed by atoms with van der Waals surface area (Å²) in [6, 6.07) is 8.46. The number of hydrogen-bond donors (Lipinski definition) is 1. The van der Waals surface area contributed by atoms with E-state index < -0.39 is 15.4 Å². The Morgan fingerprint density at radius 2 is 1.96 bits per heavy atom. The van der Waals surface area contributed by atoms with Gasteiger partial charge in [-0.15, -0.1) is 0 Å². The minimum Gasteiger partial charge on any atom is -0.299 e. The number of carbonyl (C=O) groups is 1. The average Bonchev–Trinajstić information content (AvgIpc) is 3.14. The summed E-state index contributed by atoms with van der Waals surface area (Å²) in [6.45, 7) is 4.62. The van der Waals surface area contributed by atoms with Gasteiger partial charge in [-0.3, -0.25) is 4.79 Å². The Balaban J connectivity index is 1.39. The standard InChI is InChI=1S/C21H29NO3S/c1-20(2)17-9-11-21(20,19(23)13-17)14-26(24,25)22-12-10-16-8-7-15-5-3-4-6-18(15)16/h3-6,16-17,22H,7-14H2,1-2H3/t16?,17?,21-/m1/s1. The second kappa shape index (κ2) is 6.16. The maximum atomic E-state index is 12.8. The molecule has 1 aromatic carbocycles. The van der Waals surface area contributed by atoms with Gasteiger partial charge in [-0.2, -0.15) is 0 Å². The van der Waals surface area contributed by atoms with Crippen LogP contribution in [0.5, 0.6) is 0 Å². The molecule has 1 N–H and O–H groups in total. The number of fused-ring (bicyclic) bond motifs is 3. The van der Waals surface area contributed by atoms with Crippen LogP contribution < -0.4 is 4.72 Å². The minimum absolute atomic E-state index is 0.0381. The highest BCUT2D eigenvalue weighted by atomic mass is 32.2. The number of aryl methyl sites for hydroxylation is 1. The largest absolute Gasteiger partial charge is 0.299 e. The highest BCUT2D eigenvalue weighted by Gasteiger charge is 2.65. The fraction of sp³-hybridized carbons (Fsp3) is 0.667. The first kappa shape index (κ1) is 18.2. The Morgan fingerprint density at radius 3 is 2.65 bits per heavy atom. The van der Waals surface area contributed by atoms with E-state index in [9.17, 15) is 13.2 Å². The zero-order valence-corrected chi connectivity index (χ0v) is 16.6. The lowest BCUT2D eigenvalue weighted by Gasteiger charge is -2.36. The number of Topliss-reactive ketones (excluding diaryl/α,β-unsaturated/α-hetero) is 1. The van der Waals surface area contributed by atoms with Crippen molar-refractivity contribution < 1.29 is 13.2 Å². The lowest BCUT2D eigenvalue weighted by molar-refractivity contribution is -0.128. The monoisotopic (exact) mass is 375 g/mol. The summed E-state index contributed by atoms with van der Waals surface area (Å²) in [7, 11) is -3.45. The molecule has 5 heteroatoms. The summed E-state index contributed by atoms with van der Waals surface area (Å²) >= 11 is 0. The van der Waals surface area contributed by atoms with Crippen LogP contribution in [0.4, 0.5) is 0 Å². The second-order valence-electron chi connectivity index (χ2n) is 9.04. The molecule has 2 bridgehead atoms. The topological polar surface area (TPSA) is 63.2 Å². The summed E-state index contributed by atoms with van der Waals surface area (Å²) in [6.07, 6.45) is 5.26. The molecule has 0 saturated heterocycles. The quantitative estimate of drug-likeness (QED) is 0.829. The number of benzene rings is 1. The maximum absolute atomic E-state index is 12.8. The number of rotatable bonds is 6. The van der Waals surface area contributed by atoms with Crippen LogP contribution in [0.3, 0.4) is 0 Å². The van der Waals surface area contributed by atoms with Crippen molar-refractivity contribution in [2.45, 2.75) is 58.3 Å². The lowest BCUT2D eigenvalue weighted by Crippen LogP contribution is -2.45. The number of hydrogen-bond acceptors (Lipinski definition) is 3. The highest BCUT2D eigenvalue weighted by molar-refractivity contribution is 7.89. The third kappa shape index (κ3) is 2.75. The highest BCUT2D eigenvalue weighted by Crippen LogP contribution is 2.64. The van der Waals surface area contributed by atoms with Crippen molar-refractivity contribution in [2.75, 3.05) is 12.3 Å². The molecule has 3 aliphatic carbocycles. The lowest BCUT2D eigenvalue weighted by atomic mass is 9.70. The Labute approximate surface area is 156 Å². The number of sulfonamides is 1. The molecule has 4 rings (SSSR count). The SMILES string of the molecule is CC1(C)C2CC[C@@]1(CS(=O)(=O)NCCC1CCc3ccccc31)C(=O)C2. The van der Waals surface area contributed by atoms with Gasteiger partial charge >= 0.3 is 0 Å².